The Morgan fingerprint density at radius 3 is 2.48 bits per heavy atom. The molecule has 2 rings (SSSR count). The van der Waals surface area contributed by atoms with Gasteiger partial charge in [-0.3, -0.25) is 0 Å². The van der Waals surface area contributed by atoms with Crippen molar-refractivity contribution < 1.29 is 12.8 Å². The lowest BCUT2D eigenvalue weighted by Crippen LogP contribution is -2.39. The van der Waals surface area contributed by atoms with E-state index in [1.54, 1.807) is 13.1 Å². The molecule has 1 fully saturated rings. The fourth-order valence-electron chi connectivity index (χ4n) is 3.05. The molecule has 0 aromatic heterocycles. The maximum atomic E-state index is 13.3. The summed E-state index contributed by atoms with van der Waals surface area (Å²) in [6, 6.07) is 4.57. The van der Waals surface area contributed by atoms with Gasteiger partial charge in [-0.2, -0.15) is 0 Å². The van der Waals surface area contributed by atoms with Gasteiger partial charge >= 0.3 is 0 Å². The van der Waals surface area contributed by atoms with Gasteiger partial charge in [-0.1, -0.05) is 0 Å². The fraction of sp³-hybridized carbons (Fsp3) is 0.600. The van der Waals surface area contributed by atoms with Crippen LogP contribution in [0.15, 0.2) is 18.2 Å². The number of rotatable bonds is 4. The summed E-state index contributed by atoms with van der Waals surface area (Å²) >= 11 is 0. The minimum atomic E-state index is -3.13. The van der Waals surface area contributed by atoms with E-state index in [0.29, 0.717) is 11.6 Å². The van der Waals surface area contributed by atoms with E-state index in [0.717, 1.165) is 37.7 Å². The summed E-state index contributed by atoms with van der Waals surface area (Å²) in [7, 11) is -1.48. The molecule has 0 saturated heterocycles. The third-order valence-electron chi connectivity index (χ3n) is 4.47. The molecule has 21 heavy (non-hydrogen) atoms. The monoisotopic (exact) mass is 314 g/mol. The molecule has 0 atom stereocenters. The molecule has 0 radical (unpaired) electrons. The quantitative estimate of drug-likeness (QED) is 0.868. The minimum absolute atomic E-state index is 0.0844. The van der Waals surface area contributed by atoms with Gasteiger partial charge in [0.25, 0.3) is 0 Å². The van der Waals surface area contributed by atoms with Crippen LogP contribution in [0.5, 0.6) is 0 Å². The van der Waals surface area contributed by atoms with Crippen molar-refractivity contribution in [3.63, 3.8) is 0 Å². The average Bonchev–Trinajstić information content (AvgIpc) is 2.42. The van der Waals surface area contributed by atoms with Gasteiger partial charge in [0.05, 0.1) is 6.26 Å². The lowest BCUT2D eigenvalue weighted by molar-refractivity contribution is 0.236. The molecule has 6 heteroatoms. The zero-order valence-electron chi connectivity index (χ0n) is 12.5. The summed E-state index contributed by atoms with van der Waals surface area (Å²) in [6.07, 6.45) is 5.60. The summed E-state index contributed by atoms with van der Waals surface area (Å²) in [6.45, 7) is 0. The first-order valence-electron chi connectivity index (χ1n) is 7.24. The molecule has 0 spiro atoms. The number of benzene rings is 1. The lowest BCUT2D eigenvalue weighted by atomic mass is 9.82. The van der Waals surface area contributed by atoms with Crippen molar-refractivity contribution in [2.75, 3.05) is 19.0 Å². The highest BCUT2D eigenvalue weighted by molar-refractivity contribution is 7.88. The molecule has 2 N–H and O–H groups in total. The highest BCUT2D eigenvalue weighted by atomic mass is 32.2. The smallest absolute Gasteiger partial charge is 0.211 e. The van der Waals surface area contributed by atoms with Crippen LogP contribution in [0.4, 0.5) is 10.1 Å². The van der Waals surface area contributed by atoms with Crippen LogP contribution in [0.3, 0.4) is 0 Å². The van der Waals surface area contributed by atoms with Gasteiger partial charge in [0.15, 0.2) is 0 Å². The molecular formula is C15H23FN2O2S. The third-order valence-corrected chi connectivity index (χ3v) is 5.81. The molecule has 1 aromatic carbocycles. The Kier molecular flexibility index (Phi) is 4.88. The van der Waals surface area contributed by atoms with Gasteiger partial charge < -0.3 is 5.73 Å². The molecule has 1 aromatic rings. The second kappa shape index (κ2) is 6.32. The van der Waals surface area contributed by atoms with Crippen molar-refractivity contribution in [3.8, 4) is 0 Å². The SMILES string of the molecule is CN([C@H]1CC[C@H](Cc2cc(F)ccc2N)CC1)S(C)(=O)=O. The van der Waals surface area contributed by atoms with Crippen molar-refractivity contribution in [1.82, 2.24) is 4.31 Å². The van der Waals surface area contributed by atoms with Crippen molar-refractivity contribution >= 4 is 15.7 Å². The highest BCUT2D eigenvalue weighted by Crippen LogP contribution is 2.31. The number of anilines is 1. The molecule has 1 aliphatic carbocycles. The van der Waals surface area contributed by atoms with Crippen molar-refractivity contribution in [2.45, 2.75) is 38.1 Å². The molecule has 1 saturated carbocycles. The second-order valence-corrected chi connectivity index (χ2v) is 8.04. The highest BCUT2D eigenvalue weighted by Gasteiger charge is 2.28. The van der Waals surface area contributed by atoms with E-state index >= 15 is 0 Å². The van der Waals surface area contributed by atoms with Crippen molar-refractivity contribution in [1.29, 1.82) is 0 Å². The fourth-order valence-corrected chi connectivity index (χ4v) is 3.80. The Hall–Kier alpha value is -1.14. The summed E-state index contributed by atoms with van der Waals surface area (Å²) in [4.78, 5) is 0. The zero-order chi connectivity index (χ0) is 15.6. The first kappa shape index (κ1) is 16.2. The first-order valence-corrected chi connectivity index (χ1v) is 9.09. The van der Waals surface area contributed by atoms with Gasteiger partial charge in [0, 0.05) is 18.8 Å². The van der Waals surface area contributed by atoms with Crippen LogP contribution in [0.2, 0.25) is 0 Å². The van der Waals surface area contributed by atoms with E-state index in [4.69, 9.17) is 5.73 Å². The third kappa shape index (κ3) is 4.17. The van der Waals surface area contributed by atoms with Gasteiger partial charge in [-0.05, 0) is 61.8 Å². The largest absolute Gasteiger partial charge is 0.399 e. The molecule has 0 amide bonds. The van der Waals surface area contributed by atoms with Crippen molar-refractivity contribution in [3.05, 3.63) is 29.6 Å². The maximum Gasteiger partial charge on any atom is 0.211 e. The van der Waals surface area contributed by atoms with Crippen LogP contribution in [0.25, 0.3) is 0 Å². The minimum Gasteiger partial charge on any atom is -0.399 e. The van der Waals surface area contributed by atoms with Crippen LogP contribution in [-0.2, 0) is 16.4 Å². The summed E-state index contributed by atoms with van der Waals surface area (Å²) in [5, 5.41) is 0. The second-order valence-electron chi connectivity index (χ2n) is 6.00. The van der Waals surface area contributed by atoms with E-state index in [2.05, 4.69) is 0 Å². The molecule has 1 aliphatic rings. The van der Waals surface area contributed by atoms with E-state index < -0.39 is 10.0 Å². The summed E-state index contributed by atoms with van der Waals surface area (Å²) in [5.74, 6) is 0.183. The Morgan fingerprint density at radius 1 is 1.29 bits per heavy atom. The predicted molar refractivity (Wildman–Crippen MR) is 82.9 cm³/mol. The standard InChI is InChI=1S/C15H23FN2O2S/c1-18(21(2,19)20)14-6-3-11(4-7-14)9-12-10-13(16)5-8-15(12)17/h5,8,10-11,14H,3-4,6-7,9,17H2,1-2H3/t11-,14-. The van der Waals surface area contributed by atoms with Crippen molar-refractivity contribution in [2.24, 2.45) is 5.92 Å². The zero-order valence-corrected chi connectivity index (χ0v) is 13.4. The van der Waals surface area contributed by atoms with E-state index in [1.807, 2.05) is 0 Å². The van der Waals surface area contributed by atoms with Gasteiger partial charge in [-0.25, -0.2) is 17.1 Å². The normalized spacial score (nSPS) is 23.4. The Balaban J connectivity index is 1.94. The molecule has 118 valence electrons. The lowest BCUT2D eigenvalue weighted by Gasteiger charge is -2.33. The van der Waals surface area contributed by atoms with Crippen LogP contribution >= 0.6 is 0 Å². The molecule has 0 bridgehead atoms. The van der Waals surface area contributed by atoms with Crippen LogP contribution < -0.4 is 5.73 Å². The number of hydrogen-bond acceptors (Lipinski definition) is 3. The van der Waals surface area contributed by atoms with Gasteiger partial charge in [0.2, 0.25) is 10.0 Å². The van der Waals surface area contributed by atoms with Gasteiger partial charge in [-0.15, -0.1) is 0 Å². The molecular weight excluding hydrogens is 291 g/mol. The number of nitrogens with two attached hydrogens (primary N) is 1. The number of sulfonamides is 1. The molecule has 0 aliphatic heterocycles. The van der Waals surface area contributed by atoms with Gasteiger partial charge in [0.1, 0.15) is 5.82 Å². The van der Waals surface area contributed by atoms with E-state index in [1.165, 1.54) is 22.7 Å². The topological polar surface area (TPSA) is 63.4 Å². The number of nitrogens with zero attached hydrogens (tertiary/aromatic N) is 1. The first-order chi connectivity index (χ1) is 9.77. The van der Waals surface area contributed by atoms with Crippen LogP contribution in [0.1, 0.15) is 31.2 Å². The number of hydrogen-bond donors (Lipinski definition) is 1. The van der Waals surface area contributed by atoms with Crippen LogP contribution in [0, 0.1) is 11.7 Å². The summed E-state index contributed by atoms with van der Waals surface area (Å²) < 4.78 is 37.8. The number of nitrogen functional groups attached to an aromatic ring is 1. The summed E-state index contributed by atoms with van der Waals surface area (Å²) in [5.41, 5.74) is 7.37. The van der Waals surface area contributed by atoms with E-state index in [-0.39, 0.29) is 11.9 Å². The Morgan fingerprint density at radius 2 is 1.90 bits per heavy atom. The number of halogens is 1. The molecule has 0 unspecified atom stereocenters. The Bertz CT molecular complexity index is 596. The maximum absolute atomic E-state index is 13.3. The molecule has 0 heterocycles. The predicted octanol–water partition coefficient (Wildman–Crippen LogP) is 2.40. The molecule has 4 nitrogen and oxygen atoms in total. The Labute approximate surface area is 126 Å². The average molecular weight is 314 g/mol. The van der Waals surface area contributed by atoms with Crippen LogP contribution in [-0.4, -0.2) is 32.1 Å². The van der Waals surface area contributed by atoms with E-state index in [9.17, 15) is 12.8 Å².